The quantitative estimate of drug-likeness (QED) is 0.919. The van der Waals surface area contributed by atoms with Crippen molar-refractivity contribution in [3.05, 3.63) is 29.6 Å². The van der Waals surface area contributed by atoms with Crippen LogP contribution in [-0.2, 0) is 20.0 Å². The van der Waals surface area contributed by atoms with Gasteiger partial charge in [0, 0.05) is 20.0 Å². The standard InChI is InChI=1S/C16H25N3/c1-11(16(2,3)4)9-14-18-15-12(10-17)7-6-8-13(15)19(14)5/h6-8,11H,9-10,17H2,1-5H3. The highest BCUT2D eigenvalue weighted by molar-refractivity contribution is 5.79. The van der Waals surface area contributed by atoms with Crippen LogP contribution >= 0.6 is 0 Å². The molecule has 0 spiro atoms. The average molecular weight is 259 g/mol. The molecule has 1 heterocycles. The molecule has 1 aromatic heterocycles. The maximum Gasteiger partial charge on any atom is 0.109 e. The summed E-state index contributed by atoms with van der Waals surface area (Å²) < 4.78 is 2.21. The Kier molecular flexibility index (Phi) is 3.68. The Morgan fingerprint density at radius 2 is 2.00 bits per heavy atom. The van der Waals surface area contributed by atoms with Crippen LogP contribution in [0.3, 0.4) is 0 Å². The van der Waals surface area contributed by atoms with Gasteiger partial charge in [0.25, 0.3) is 0 Å². The molecule has 0 amide bonds. The third-order valence-corrected chi connectivity index (χ3v) is 4.27. The summed E-state index contributed by atoms with van der Waals surface area (Å²) in [6, 6.07) is 6.24. The van der Waals surface area contributed by atoms with Gasteiger partial charge in [-0.3, -0.25) is 0 Å². The van der Waals surface area contributed by atoms with Crippen molar-refractivity contribution in [2.75, 3.05) is 0 Å². The van der Waals surface area contributed by atoms with Gasteiger partial charge in [0.15, 0.2) is 0 Å². The van der Waals surface area contributed by atoms with Crippen molar-refractivity contribution in [2.24, 2.45) is 24.1 Å². The van der Waals surface area contributed by atoms with Gasteiger partial charge in [0.05, 0.1) is 11.0 Å². The van der Waals surface area contributed by atoms with E-state index in [-0.39, 0.29) is 0 Å². The Hall–Kier alpha value is -1.35. The minimum atomic E-state index is 0.300. The molecule has 0 saturated heterocycles. The SMILES string of the molecule is CC(Cc1nc2c(CN)cccc2n1C)C(C)(C)C. The van der Waals surface area contributed by atoms with Crippen LogP contribution in [0.4, 0.5) is 0 Å². The van der Waals surface area contributed by atoms with E-state index in [1.165, 1.54) is 5.52 Å². The van der Waals surface area contributed by atoms with Crippen molar-refractivity contribution in [1.82, 2.24) is 9.55 Å². The molecule has 1 atom stereocenters. The molecular formula is C16H25N3. The second-order valence-electron chi connectivity index (χ2n) is 6.55. The van der Waals surface area contributed by atoms with E-state index in [1.807, 2.05) is 0 Å². The van der Waals surface area contributed by atoms with Crippen LogP contribution < -0.4 is 5.73 Å². The molecule has 0 saturated carbocycles. The van der Waals surface area contributed by atoms with E-state index in [4.69, 9.17) is 10.7 Å². The van der Waals surface area contributed by atoms with Gasteiger partial charge in [-0.2, -0.15) is 0 Å². The van der Waals surface area contributed by atoms with Crippen LogP contribution in [-0.4, -0.2) is 9.55 Å². The van der Waals surface area contributed by atoms with Crippen molar-refractivity contribution in [3.8, 4) is 0 Å². The topological polar surface area (TPSA) is 43.8 Å². The van der Waals surface area contributed by atoms with E-state index in [1.54, 1.807) is 0 Å². The van der Waals surface area contributed by atoms with E-state index < -0.39 is 0 Å². The maximum absolute atomic E-state index is 5.80. The molecule has 0 aliphatic carbocycles. The van der Waals surface area contributed by atoms with E-state index in [0.29, 0.717) is 17.9 Å². The summed E-state index contributed by atoms with van der Waals surface area (Å²) in [5.41, 5.74) is 9.46. The summed E-state index contributed by atoms with van der Waals surface area (Å²) in [6.45, 7) is 9.69. The summed E-state index contributed by atoms with van der Waals surface area (Å²) in [7, 11) is 2.10. The van der Waals surface area contributed by atoms with Gasteiger partial charge in [-0.25, -0.2) is 4.98 Å². The highest BCUT2D eigenvalue weighted by Gasteiger charge is 2.22. The van der Waals surface area contributed by atoms with E-state index in [0.717, 1.165) is 23.3 Å². The van der Waals surface area contributed by atoms with Crippen molar-refractivity contribution in [2.45, 2.75) is 40.7 Å². The minimum absolute atomic E-state index is 0.300. The van der Waals surface area contributed by atoms with Crippen molar-refractivity contribution < 1.29 is 0 Å². The largest absolute Gasteiger partial charge is 0.331 e. The molecule has 2 rings (SSSR count). The summed E-state index contributed by atoms with van der Waals surface area (Å²) in [5.74, 6) is 1.74. The van der Waals surface area contributed by atoms with E-state index in [2.05, 4.69) is 57.5 Å². The fourth-order valence-electron chi connectivity index (χ4n) is 2.25. The third-order valence-electron chi connectivity index (χ3n) is 4.27. The van der Waals surface area contributed by atoms with Gasteiger partial charge in [-0.1, -0.05) is 39.8 Å². The van der Waals surface area contributed by atoms with Crippen LogP contribution in [0.25, 0.3) is 11.0 Å². The Morgan fingerprint density at radius 1 is 1.32 bits per heavy atom. The monoisotopic (exact) mass is 259 g/mol. The normalized spacial score (nSPS) is 14.0. The Morgan fingerprint density at radius 3 is 2.58 bits per heavy atom. The first-order valence-corrected chi connectivity index (χ1v) is 6.98. The zero-order valence-corrected chi connectivity index (χ0v) is 12.7. The van der Waals surface area contributed by atoms with Gasteiger partial charge < -0.3 is 10.3 Å². The molecule has 19 heavy (non-hydrogen) atoms. The van der Waals surface area contributed by atoms with Gasteiger partial charge in [-0.05, 0) is 23.0 Å². The Labute approximate surface area is 115 Å². The van der Waals surface area contributed by atoms with E-state index in [9.17, 15) is 0 Å². The lowest BCUT2D eigenvalue weighted by Crippen LogP contribution is -2.20. The molecule has 0 aliphatic rings. The number of para-hydroxylation sites is 1. The number of hydrogen-bond donors (Lipinski definition) is 1. The van der Waals surface area contributed by atoms with Crippen LogP contribution in [0.1, 0.15) is 39.1 Å². The molecule has 3 nitrogen and oxygen atoms in total. The first-order chi connectivity index (χ1) is 8.84. The number of fused-ring (bicyclic) bond motifs is 1. The summed E-state index contributed by atoms with van der Waals surface area (Å²) in [4.78, 5) is 4.82. The lowest BCUT2D eigenvalue weighted by Gasteiger charge is -2.26. The number of imidazole rings is 1. The lowest BCUT2D eigenvalue weighted by molar-refractivity contribution is 0.255. The molecule has 0 fully saturated rings. The Bertz CT molecular complexity index is 575. The smallest absolute Gasteiger partial charge is 0.109 e. The van der Waals surface area contributed by atoms with Crippen LogP contribution in [0.5, 0.6) is 0 Å². The molecule has 0 radical (unpaired) electrons. The molecule has 3 heteroatoms. The predicted octanol–water partition coefficient (Wildman–Crippen LogP) is 3.26. The van der Waals surface area contributed by atoms with Gasteiger partial charge in [0.1, 0.15) is 5.82 Å². The summed E-state index contributed by atoms with van der Waals surface area (Å²) >= 11 is 0. The highest BCUT2D eigenvalue weighted by atomic mass is 15.1. The molecular weight excluding hydrogens is 234 g/mol. The maximum atomic E-state index is 5.80. The summed E-state index contributed by atoms with van der Waals surface area (Å²) in [6.07, 6.45) is 0.999. The Balaban J connectivity index is 2.43. The van der Waals surface area contributed by atoms with Crippen molar-refractivity contribution >= 4 is 11.0 Å². The van der Waals surface area contributed by atoms with Crippen LogP contribution in [0, 0.1) is 11.3 Å². The van der Waals surface area contributed by atoms with Crippen LogP contribution in [0.2, 0.25) is 0 Å². The number of nitrogens with two attached hydrogens (primary N) is 1. The highest BCUT2D eigenvalue weighted by Crippen LogP contribution is 2.29. The molecule has 104 valence electrons. The second kappa shape index (κ2) is 4.97. The zero-order chi connectivity index (χ0) is 14.2. The number of benzene rings is 1. The van der Waals surface area contributed by atoms with Gasteiger partial charge >= 0.3 is 0 Å². The zero-order valence-electron chi connectivity index (χ0n) is 12.7. The second-order valence-corrected chi connectivity index (χ2v) is 6.55. The number of rotatable bonds is 3. The predicted molar refractivity (Wildman–Crippen MR) is 80.9 cm³/mol. The van der Waals surface area contributed by atoms with Crippen LogP contribution in [0.15, 0.2) is 18.2 Å². The molecule has 2 N–H and O–H groups in total. The first kappa shape index (κ1) is 14.1. The first-order valence-electron chi connectivity index (χ1n) is 6.98. The van der Waals surface area contributed by atoms with Crippen molar-refractivity contribution in [3.63, 3.8) is 0 Å². The molecule has 1 aromatic carbocycles. The number of hydrogen-bond acceptors (Lipinski definition) is 2. The summed E-state index contributed by atoms with van der Waals surface area (Å²) in [5, 5.41) is 0. The van der Waals surface area contributed by atoms with Gasteiger partial charge in [0.2, 0.25) is 0 Å². The number of aryl methyl sites for hydroxylation is 1. The molecule has 2 aromatic rings. The van der Waals surface area contributed by atoms with E-state index >= 15 is 0 Å². The fourth-order valence-corrected chi connectivity index (χ4v) is 2.25. The van der Waals surface area contributed by atoms with Crippen molar-refractivity contribution in [1.29, 1.82) is 0 Å². The number of aromatic nitrogens is 2. The fraction of sp³-hybridized carbons (Fsp3) is 0.562. The minimum Gasteiger partial charge on any atom is -0.331 e. The third kappa shape index (κ3) is 2.66. The van der Waals surface area contributed by atoms with Gasteiger partial charge in [-0.15, -0.1) is 0 Å². The lowest BCUT2D eigenvalue weighted by atomic mass is 9.80. The average Bonchev–Trinajstić information content (AvgIpc) is 2.65. The number of nitrogens with zero attached hydrogens (tertiary/aromatic N) is 2. The molecule has 1 unspecified atom stereocenters. The molecule has 0 bridgehead atoms. The molecule has 0 aliphatic heterocycles.